The zero-order chi connectivity index (χ0) is 17.0. The molecule has 0 fully saturated rings. The molecule has 0 aliphatic carbocycles. The lowest BCUT2D eigenvalue weighted by Gasteiger charge is -2.22. The lowest BCUT2D eigenvalue weighted by molar-refractivity contribution is -0.238. The van der Waals surface area contributed by atoms with Gasteiger partial charge in [-0.2, -0.15) is 5.26 Å². The summed E-state index contributed by atoms with van der Waals surface area (Å²) in [4.78, 5) is 26.3. The van der Waals surface area contributed by atoms with Crippen LogP contribution in [-0.2, 0) is 14.4 Å². The maximum atomic E-state index is 11.6. The second-order valence-electron chi connectivity index (χ2n) is 4.52. The largest absolute Gasteiger partial charge is 0.444 e. The van der Waals surface area contributed by atoms with Crippen molar-refractivity contribution in [2.45, 2.75) is 52.6 Å². The molecular weight excluding hydrogens is 226 g/mol. The number of amides is 1. The quantitative estimate of drug-likeness (QED) is 0.589. The molecule has 0 aromatic carbocycles. The molecule has 0 unspecified atom stereocenters. The highest BCUT2D eigenvalue weighted by Crippen LogP contribution is 2.10. The van der Waals surface area contributed by atoms with Gasteiger partial charge in [0.15, 0.2) is 0 Å². The van der Waals surface area contributed by atoms with Crippen LogP contribution in [0.25, 0.3) is 0 Å². The van der Waals surface area contributed by atoms with E-state index in [2.05, 4.69) is 10.2 Å². The van der Waals surface area contributed by atoms with Gasteiger partial charge in [-0.15, -0.1) is 0 Å². The molecule has 6 nitrogen and oxygen atoms in total. The first-order valence-electron chi connectivity index (χ1n) is 7.14. The monoisotopic (exact) mass is 251 g/mol. The van der Waals surface area contributed by atoms with Gasteiger partial charge in [-0.05, 0) is 34.1 Å². The second-order valence-corrected chi connectivity index (χ2v) is 4.52. The van der Waals surface area contributed by atoms with Crippen molar-refractivity contribution >= 4 is 12.1 Å². The van der Waals surface area contributed by atoms with E-state index in [1.807, 2.05) is 0 Å². The standard InChI is InChI=1S/C11H21NO5/c1-7(9(13)17-15)6-8(2)12-10(14)16-11(3,4)5/h7-8,15H,6H2,1-5H3,(H,12,14)/t7-,8+/m0/s1/i1+0D3,6D/t6-,7-,8+. The minimum absolute atomic E-state index is 0.755. The third-order valence-electron chi connectivity index (χ3n) is 1.57. The Kier molecular flexibility index (Phi) is 3.67. The van der Waals surface area contributed by atoms with Gasteiger partial charge in [0.25, 0.3) is 0 Å². The summed E-state index contributed by atoms with van der Waals surface area (Å²) in [6, 6.07) is -1.01. The first-order valence-corrected chi connectivity index (χ1v) is 5.06. The predicted molar refractivity (Wildman–Crippen MR) is 61.3 cm³/mol. The molecule has 6 heteroatoms. The molecule has 1 amide bonds. The van der Waals surface area contributed by atoms with E-state index in [9.17, 15) is 9.59 Å². The summed E-state index contributed by atoms with van der Waals surface area (Å²) in [5.41, 5.74) is -0.755. The molecule has 100 valence electrons. The van der Waals surface area contributed by atoms with Crippen molar-refractivity contribution < 1.29 is 30.0 Å². The minimum Gasteiger partial charge on any atom is -0.444 e. The first kappa shape index (κ1) is 9.70. The van der Waals surface area contributed by atoms with Gasteiger partial charge in [0.2, 0.25) is 0 Å². The molecule has 0 aromatic heterocycles. The van der Waals surface area contributed by atoms with Crippen molar-refractivity contribution in [1.29, 1.82) is 0 Å². The lowest BCUT2D eigenvalue weighted by Crippen LogP contribution is -2.39. The Morgan fingerprint density at radius 1 is 1.53 bits per heavy atom. The fourth-order valence-corrected chi connectivity index (χ4v) is 0.966. The van der Waals surface area contributed by atoms with E-state index >= 15 is 0 Å². The number of carbonyl (C=O) groups is 2. The summed E-state index contributed by atoms with van der Waals surface area (Å²) in [6.07, 6.45) is -2.39. The molecule has 0 aromatic rings. The van der Waals surface area contributed by atoms with Crippen molar-refractivity contribution in [3.8, 4) is 0 Å². The SMILES string of the molecule is [2H][C@@H]([C@@H](C(=O)OO)[12C]([2H])([2H])[2H])[C@@H](C)NC(=O)OC(C)(C)C. The predicted octanol–water partition coefficient (Wildman–Crippen LogP) is 1.94. The van der Waals surface area contributed by atoms with Crippen LogP contribution in [0.3, 0.4) is 0 Å². The van der Waals surface area contributed by atoms with Gasteiger partial charge in [-0.25, -0.2) is 9.59 Å². The number of rotatable bonds is 4. The first-order chi connectivity index (χ1) is 9.29. The van der Waals surface area contributed by atoms with Crippen molar-refractivity contribution in [2.24, 2.45) is 5.92 Å². The molecule has 2 N–H and O–H groups in total. The molecular formula is C11H21NO5. The summed E-state index contributed by atoms with van der Waals surface area (Å²) in [5, 5.41) is 10.6. The number of nitrogens with one attached hydrogen (secondary N) is 1. The van der Waals surface area contributed by atoms with Gasteiger partial charge in [0.1, 0.15) is 5.60 Å². The van der Waals surface area contributed by atoms with Crippen LogP contribution in [0.2, 0.25) is 0 Å². The topological polar surface area (TPSA) is 84.9 Å². The average Bonchev–Trinajstić information content (AvgIpc) is 2.23. The molecule has 0 bridgehead atoms. The smallest absolute Gasteiger partial charge is 0.407 e. The van der Waals surface area contributed by atoms with Gasteiger partial charge in [0.05, 0.1) is 5.92 Å². The van der Waals surface area contributed by atoms with E-state index in [0.29, 0.717) is 0 Å². The van der Waals surface area contributed by atoms with E-state index in [1.165, 1.54) is 6.92 Å². The van der Waals surface area contributed by atoms with Gasteiger partial charge >= 0.3 is 12.1 Å². The van der Waals surface area contributed by atoms with E-state index in [0.717, 1.165) is 0 Å². The normalized spacial score (nSPS) is 20.8. The number of hydrogen-bond acceptors (Lipinski definition) is 5. The second kappa shape index (κ2) is 6.44. The van der Waals surface area contributed by atoms with Crippen LogP contribution in [0.1, 0.15) is 46.4 Å². The molecule has 0 heterocycles. The van der Waals surface area contributed by atoms with Crippen LogP contribution in [0.15, 0.2) is 0 Å². The van der Waals surface area contributed by atoms with Gasteiger partial charge in [0, 0.05) is 11.5 Å². The van der Waals surface area contributed by atoms with Crippen molar-refractivity contribution in [1.82, 2.24) is 5.32 Å². The van der Waals surface area contributed by atoms with Crippen molar-refractivity contribution in [3.63, 3.8) is 0 Å². The van der Waals surface area contributed by atoms with Crippen LogP contribution in [-0.4, -0.2) is 29.0 Å². The molecule has 17 heavy (non-hydrogen) atoms. The molecule has 0 aliphatic rings. The van der Waals surface area contributed by atoms with Crippen LogP contribution in [0.4, 0.5) is 4.79 Å². The number of alkyl carbamates (subject to hydrolysis) is 1. The summed E-state index contributed by atoms with van der Waals surface area (Å²) in [5.74, 6) is -3.35. The Hall–Kier alpha value is -1.30. The zero-order valence-electron chi connectivity index (χ0n) is 14.3. The van der Waals surface area contributed by atoms with Crippen LogP contribution in [0.5, 0.6) is 0 Å². The van der Waals surface area contributed by atoms with Gasteiger partial charge in [-0.1, -0.05) is 6.85 Å². The Bertz CT molecular complexity index is 380. The highest BCUT2D eigenvalue weighted by Gasteiger charge is 2.21. The zero-order valence-corrected chi connectivity index (χ0v) is 10.3. The molecule has 0 saturated carbocycles. The van der Waals surface area contributed by atoms with Crippen LogP contribution < -0.4 is 5.32 Å². The Labute approximate surface area is 107 Å². The Balaban J connectivity index is 4.91. The van der Waals surface area contributed by atoms with Crippen LogP contribution in [0, 0.1) is 5.92 Å². The van der Waals surface area contributed by atoms with Crippen molar-refractivity contribution in [3.05, 3.63) is 0 Å². The molecule has 0 rings (SSSR count). The summed E-state index contributed by atoms with van der Waals surface area (Å²) >= 11 is 0. The summed E-state index contributed by atoms with van der Waals surface area (Å²) in [6.45, 7) is 3.43. The van der Waals surface area contributed by atoms with Crippen molar-refractivity contribution in [2.75, 3.05) is 0 Å². The van der Waals surface area contributed by atoms with Gasteiger partial charge < -0.3 is 14.9 Å². The fourth-order valence-electron chi connectivity index (χ4n) is 0.966. The Morgan fingerprint density at radius 3 is 2.53 bits per heavy atom. The molecule has 3 atom stereocenters. The average molecular weight is 251 g/mol. The minimum atomic E-state index is -2.85. The van der Waals surface area contributed by atoms with Crippen LogP contribution >= 0.6 is 0 Å². The van der Waals surface area contributed by atoms with E-state index in [-0.39, 0.29) is 0 Å². The lowest BCUT2D eigenvalue weighted by atomic mass is 10.0. The van der Waals surface area contributed by atoms with E-state index < -0.39 is 42.9 Å². The maximum absolute atomic E-state index is 11.6. The highest BCUT2D eigenvalue weighted by atomic mass is 17.1. The third-order valence-corrected chi connectivity index (χ3v) is 1.57. The number of hydrogen-bond donors (Lipinski definition) is 2. The summed E-state index contributed by atoms with van der Waals surface area (Å²) in [7, 11) is 0. The van der Waals surface area contributed by atoms with Gasteiger partial charge in [-0.3, -0.25) is 0 Å². The molecule has 0 spiro atoms. The van der Waals surface area contributed by atoms with E-state index in [1.54, 1.807) is 20.8 Å². The fraction of sp³-hybridized carbons (Fsp3) is 0.818. The molecule has 0 aliphatic heterocycles. The maximum Gasteiger partial charge on any atom is 0.407 e. The molecule has 0 radical (unpaired) electrons. The summed E-state index contributed by atoms with van der Waals surface area (Å²) < 4.78 is 34.5. The highest BCUT2D eigenvalue weighted by molar-refractivity contribution is 5.71. The van der Waals surface area contributed by atoms with E-state index in [4.69, 9.17) is 15.5 Å². The third kappa shape index (κ3) is 7.57. The molecule has 0 saturated heterocycles. The number of carbonyl (C=O) groups excluding carboxylic acids is 2. The Morgan fingerprint density at radius 2 is 2.12 bits per heavy atom. The number of ether oxygens (including phenoxy) is 1.